The molecule has 0 aliphatic rings. The first-order valence-electron chi connectivity index (χ1n) is 5.58. The Hall–Kier alpha value is -1.29. The molecule has 0 amide bonds. The molecule has 3 nitrogen and oxygen atoms in total. The molecule has 2 aromatic rings. The average Bonchev–Trinajstić information content (AvgIpc) is 2.87. The van der Waals surface area contributed by atoms with E-state index in [0.717, 1.165) is 25.5 Å². The molecule has 0 bridgehead atoms. The van der Waals surface area contributed by atoms with Crippen molar-refractivity contribution in [3.05, 3.63) is 34.3 Å². The van der Waals surface area contributed by atoms with Gasteiger partial charge in [0.15, 0.2) is 0 Å². The first-order chi connectivity index (χ1) is 7.81. The summed E-state index contributed by atoms with van der Waals surface area (Å²) >= 11 is 1.76. The Labute approximate surface area is 100 Å². The standard InChI is InChI=1S/C12H17N3S/c1-3-4-13-12-14-5-6-15(12)7-11-9-16-8-10(11)2/h5-6,8-9H,3-4,7H2,1-2H3,(H,13,14). The lowest BCUT2D eigenvalue weighted by Crippen LogP contribution is -2.08. The summed E-state index contributed by atoms with van der Waals surface area (Å²) < 4.78 is 2.16. The minimum Gasteiger partial charge on any atom is -0.356 e. The molecule has 2 aromatic heterocycles. The van der Waals surface area contributed by atoms with Crippen LogP contribution >= 0.6 is 11.3 Å². The van der Waals surface area contributed by atoms with Gasteiger partial charge >= 0.3 is 0 Å². The Morgan fingerprint density at radius 2 is 2.31 bits per heavy atom. The van der Waals surface area contributed by atoms with E-state index in [4.69, 9.17) is 0 Å². The topological polar surface area (TPSA) is 29.9 Å². The Morgan fingerprint density at radius 3 is 3.00 bits per heavy atom. The number of thiophene rings is 1. The van der Waals surface area contributed by atoms with Gasteiger partial charge in [0, 0.05) is 18.9 Å². The van der Waals surface area contributed by atoms with Crippen LogP contribution in [0.3, 0.4) is 0 Å². The highest BCUT2D eigenvalue weighted by Crippen LogP contribution is 2.17. The normalized spacial score (nSPS) is 10.6. The molecule has 2 rings (SSSR count). The minimum absolute atomic E-state index is 0.904. The fraction of sp³-hybridized carbons (Fsp3) is 0.417. The Morgan fingerprint density at radius 1 is 1.44 bits per heavy atom. The van der Waals surface area contributed by atoms with Crippen molar-refractivity contribution in [1.82, 2.24) is 9.55 Å². The van der Waals surface area contributed by atoms with Crippen LogP contribution in [0, 0.1) is 6.92 Å². The number of hydrogen-bond donors (Lipinski definition) is 1. The van der Waals surface area contributed by atoms with E-state index in [2.05, 4.69) is 39.5 Å². The summed E-state index contributed by atoms with van der Waals surface area (Å²) in [5, 5.41) is 7.72. The molecule has 0 unspecified atom stereocenters. The second kappa shape index (κ2) is 5.16. The highest BCUT2D eigenvalue weighted by Gasteiger charge is 2.04. The molecule has 1 N–H and O–H groups in total. The molecule has 0 atom stereocenters. The van der Waals surface area contributed by atoms with E-state index in [1.807, 2.05) is 12.4 Å². The Bertz CT molecular complexity index is 445. The summed E-state index contributed by atoms with van der Waals surface area (Å²) in [6.07, 6.45) is 4.99. The van der Waals surface area contributed by atoms with Gasteiger partial charge in [0.25, 0.3) is 0 Å². The first-order valence-corrected chi connectivity index (χ1v) is 6.52. The molecular formula is C12H17N3S. The van der Waals surface area contributed by atoms with Crippen molar-refractivity contribution in [1.29, 1.82) is 0 Å². The number of hydrogen-bond acceptors (Lipinski definition) is 3. The van der Waals surface area contributed by atoms with E-state index in [-0.39, 0.29) is 0 Å². The Kier molecular flexibility index (Phi) is 3.62. The van der Waals surface area contributed by atoms with Crippen LogP contribution in [-0.2, 0) is 6.54 Å². The smallest absolute Gasteiger partial charge is 0.203 e. The van der Waals surface area contributed by atoms with Crippen molar-refractivity contribution < 1.29 is 0 Å². The fourth-order valence-corrected chi connectivity index (χ4v) is 2.42. The molecule has 0 aliphatic carbocycles. The number of nitrogens with zero attached hydrogens (tertiary/aromatic N) is 2. The molecule has 0 aliphatic heterocycles. The summed E-state index contributed by atoms with van der Waals surface area (Å²) in [4.78, 5) is 4.32. The molecule has 0 fully saturated rings. The van der Waals surface area contributed by atoms with E-state index in [9.17, 15) is 0 Å². The zero-order chi connectivity index (χ0) is 11.4. The summed E-state index contributed by atoms with van der Waals surface area (Å²) in [6, 6.07) is 0. The summed E-state index contributed by atoms with van der Waals surface area (Å²) in [6.45, 7) is 6.19. The SMILES string of the molecule is CCCNc1nccn1Cc1cscc1C. The second-order valence-electron chi connectivity index (χ2n) is 3.89. The molecule has 0 spiro atoms. The van der Waals surface area contributed by atoms with Crippen LogP contribution in [0.25, 0.3) is 0 Å². The maximum atomic E-state index is 4.32. The lowest BCUT2D eigenvalue weighted by atomic mass is 10.2. The molecule has 4 heteroatoms. The van der Waals surface area contributed by atoms with Gasteiger partial charge in [-0.25, -0.2) is 4.98 Å². The van der Waals surface area contributed by atoms with Gasteiger partial charge in [0.1, 0.15) is 0 Å². The van der Waals surface area contributed by atoms with Crippen LogP contribution in [0.15, 0.2) is 23.2 Å². The van der Waals surface area contributed by atoms with E-state index in [1.165, 1.54) is 11.1 Å². The summed E-state index contributed by atoms with van der Waals surface area (Å²) in [5.74, 6) is 0.965. The number of rotatable bonds is 5. The minimum atomic E-state index is 0.904. The van der Waals surface area contributed by atoms with Crippen LogP contribution in [-0.4, -0.2) is 16.1 Å². The van der Waals surface area contributed by atoms with Crippen LogP contribution in [0.4, 0.5) is 5.95 Å². The average molecular weight is 235 g/mol. The second-order valence-corrected chi connectivity index (χ2v) is 4.63. The van der Waals surface area contributed by atoms with E-state index in [1.54, 1.807) is 11.3 Å². The number of aryl methyl sites for hydroxylation is 1. The molecule has 16 heavy (non-hydrogen) atoms. The third kappa shape index (κ3) is 2.44. The number of anilines is 1. The summed E-state index contributed by atoms with van der Waals surface area (Å²) in [7, 11) is 0. The van der Waals surface area contributed by atoms with Crippen molar-refractivity contribution in [3.63, 3.8) is 0 Å². The maximum absolute atomic E-state index is 4.32. The molecule has 2 heterocycles. The van der Waals surface area contributed by atoms with Gasteiger partial charge in [0.05, 0.1) is 6.54 Å². The lowest BCUT2D eigenvalue weighted by Gasteiger charge is -2.08. The Balaban J connectivity index is 2.09. The van der Waals surface area contributed by atoms with Crippen LogP contribution in [0.1, 0.15) is 24.5 Å². The van der Waals surface area contributed by atoms with Crippen molar-refractivity contribution in [3.8, 4) is 0 Å². The van der Waals surface area contributed by atoms with E-state index >= 15 is 0 Å². The fourth-order valence-electron chi connectivity index (χ4n) is 1.57. The van der Waals surface area contributed by atoms with Gasteiger partial charge in [-0.2, -0.15) is 11.3 Å². The van der Waals surface area contributed by atoms with Gasteiger partial charge in [0.2, 0.25) is 5.95 Å². The predicted octanol–water partition coefficient (Wildman–Crippen LogP) is 3.12. The largest absolute Gasteiger partial charge is 0.356 e. The van der Waals surface area contributed by atoms with Gasteiger partial charge in [-0.05, 0) is 35.2 Å². The molecule has 86 valence electrons. The van der Waals surface area contributed by atoms with E-state index in [0.29, 0.717) is 0 Å². The highest BCUT2D eigenvalue weighted by molar-refractivity contribution is 7.08. The summed E-state index contributed by atoms with van der Waals surface area (Å²) in [5.41, 5.74) is 2.74. The monoisotopic (exact) mass is 235 g/mol. The third-order valence-corrected chi connectivity index (χ3v) is 3.46. The zero-order valence-corrected chi connectivity index (χ0v) is 10.5. The zero-order valence-electron chi connectivity index (χ0n) is 9.73. The van der Waals surface area contributed by atoms with Gasteiger partial charge in [-0.1, -0.05) is 6.92 Å². The van der Waals surface area contributed by atoms with Crippen LogP contribution in [0.2, 0.25) is 0 Å². The maximum Gasteiger partial charge on any atom is 0.203 e. The number of imidazole rings is 1. The lowest BCUT2D eigenvalue weighted by molar-refractivity contribution is 0.791. The molecule has 0 aromatic carbocycles. The molecular weight excluding hydrogens is 218 g/mol. The molecule has 0 radical (unpaired) electrons. The third-order valence-electron chi connectivity index (χ3n) is 2.55. The molecule has 0 saturated carbocycles. The van der Waals surface area contributed by atoms with Crippen molar-refractivity contribution in [2.45, 2.75) is 26.8 Å². The van der Waals surface area contributed by atoms with Gasteiger partial charge in [-0.3, -0.25) is 0 Å². The van der Waals surface area contributed by atoms with Crippen LogP contribution in [0.5, 0.6) is 0 Å². The predicted molar refractivity (Wildman–Crippen MR) is 69.2 cm³/mol. The highest BCUT2D eigenvalue weighted by atomic mass is 32.1. The first kappa shape index (κ1) is 11.2. The molecule has 0 saturated heterocycles. The quantitative estimate of drug-likeness (QED) is 0.863. The van der Waals surface area contributed by atoms with Crippen LogP contribution < -0.4 is 5.32 Å². The van der Waals surface area contributed by atoms with E-state index < -0.39 is 0 Å². The van der Waals surface area contributed by atoms with Crippen molar-refractivity contribution >= 4 is 17.3 Å². The van der Waals surface area contributed by atoms with Gasteiger partial charge < -0.3 is 9.88 Å². The van der Waals surface area contributed by atoms with Gasteiger partial charge in [-0.15, -0.1) is 0 Å². The number of aromatic nitrogens is 2. The van der Waals surface area contributed by atoms with Crippen molar-refractivity contribution in [2.24, 2.45) is 0 Å². The van der Waals surface area contributed by atoms with Crippen molar-refractivity contribution in [2.75, 3.05) is 11.9 Å². The number of nitrogens with one attached hydrogen (secondary N) is 1.